The fourth-order valence-electron chi connectivity index (χ4n) is 2.89. The van der Waals surface area contributed by atoms with Crippen LogP contribution in [0.1, 0.15) is 19.3 Å². The fraction of sp³-hybridized carbons (Fsp3) is 0.562. The summed E-state index contributed by atoms with van der Waals surface area (Å²) >= 11 is 3.44. The van der Waals surface area contributed by atoms with Crippen molar-refractivity contribution in [2.75, 3.05) is 31.3 Å². The Hall–Kier alpha value is -0.910. The lowest BCUT2D eigenvalue weighted by Crippen LogP contribution is -2.41. The molecule has 0 saturated carbocycles. The SMILES string of the molecule is O=C(C1CCOC1)N(CC1CCCO1)c1ccc(Br)cc1. The number of hydrogen-bond acceptors (Lipinski definition) is 3. The van der Waals surface area contributed by atoms with Crippen LogP contribution in [-0.4, -0.2) is 38.4 Å². The maximum absolute atomic E-state index is 12.8. The molecule has 2 saturated heterocycles. The number of anilines is 1. The molecule has 2 unspecified atom stereocenters. The van der Waals surface area contributed by atoms with Gasteiger partial charge in [0, 0.05) is 23.4 Å². The first kappa shape index (κ1) is 15.0. The van der Waals surface area contributed by atoms with E-state index in [1.165, 1.54) is 0 Å². The van der Waals surface area contributed by atoms with Gasteiger partial charge in [0.25, 0.3) is 0 Å². The molecular weight excluding hydrogens is 334 g/mol. The first-order valence-corrected chi connectivity index (χ1v) is 8.29. The lowest BCUT2D eigenvalue weighted by Gasteiger charge is -2.27. The van der Waals surface area contributed by atoms with Gasteiger partial charge in [0.05, 0.1) is 25.2 Å². The second-order valence-electron chi connectivity index (χ2n) is 5.62. The van der Waals surface area contributed by atoms with E-state index in [-0.39, 0.29) is 17.9 Å². The third-order valence-electron chi connectivity index (χ3n) is 4.09. The molecule has 3 rings (SSSR count). The number of rotatable bonds is 4. The van der Waals surface area contributed by atoms with E-state index in [1.807, 2.05) is 29.2 Å². The third-order valence-corrected chi connectivity index (χ3v) is 4.62. The van der Waals surface area contributed by atoms with Gasteiger partial charge in [-0.25, -0.2) is 0 Å². The zero-order valence-corrected chi connectivity index (χ0v) is 13.5. The predicted molar refractivity (Wildman–Crippen MR) is 84.4 cm³/mol. The van der Waals surface area contributed by atoms with Gasteiger partial charge >= 0.3 is 0 Å². The molecule has 0 radical (unpaired) electrons. The zero-order valence-electron chi connectivity index (χ0n) is 12.0. The molecule has 2 aliphatic heterocycles. The summed E-state index contributed by atoms with van der Waals surface area (Å²) < 4.78 is 12.1. The van der Waals surface area contributed by atoms with Gasteiger partial charge in [-0.3, -0.25) is 4.79 Å². The molecule has 1 amide bonds. The van der Waals surface area contributed by atoms with Crippen LogP contribution < -0.4 is 4.90 Å². The highest BCUT2D eigenvalue weighted by Gasteiger charge is 2.31. The third kappa shape index (κ3) is 3.65. The Morgan fingerprint density at radius 3 is 2.67 bits per heavy atom. The Bertz CT molecular complexity index is 479. The molecule has 1 aromatic carbocycles. The average Bonchev–Trinajstić information content (AvgIpc) is 3.18. The number of halogens is 1. The summed E-state index contributed by atoms with van der Waals surface area (Å²) in [6, 6.07) is 7.89. The molecule has 114 valence electrons. The van der Waals surface area contributed by atoms with E-state index in [2.05, 4.69) is 15.9 Å². The van der Waals surface area contributed by atoms with E-state index < -0.39 is 0 Å². The topological polar surface area (TPSA) is 38.8 Å². The molecule has 0 N–H and O–H groups in total. The van der Waals surface area contributed by atoms with Crippen molar-refractivity contribution < 1.29 is 14.3 Å². The number of nitrogens with zero attached hydrogens (tertiary/aromatic N) is 1. The van der Waals surface area contributed by atoms with Gasteiger partial charge < -0.3 is 14.4 Å². The molecule has 2 atom stereocenters. The summed E-state index contributed by atoms with van der Waals surface area (Å²) in [5, 5.41) is 0. The van der Waals surface area contributed by atoms with Gasteiger partial charge in [-0.15, -0.1) is 0 Å². The molecule has 2 aliphatic rings. The van der Waals surface area contributed by atoms with Crippen LogP contribution >= 0.6 is 15.9 Å². The van der Waals surface area contributed by atoms with Crippen molar-refractivity contribution in [3.8, 4) is 0 Å². The smallest absolute Gasteiger partial charge is 0.232 e. The number of carbonyl (C=O) groups excluding carboxylic acids is 1. The van der Waals surface area contributed by atoms with Gasteiger partial charge in [-0.1, -0.05) is 15.9 Å². The van der Waals surface area contributed by atoms with E-state index in [0.29, 0.717) is 19.8 Å². The lowest BCUT2D eigenvalue weighted by atomic mass is 10.1. The van der Waals surface area contributed by atoms with Crippen molar-refractivity contribution in [3.63, 3.8) is 0 Å². The molecule has 0 bridgehead atoms. The maximum atomic E-state index is 12.8. The van der Waals surface area contributed by atoms with E-state index in [0.717, 1.165) is 36.0 Å². The van der Waals surface area contributed by atoms with Crippen molar-refractivity contribution in [2.45, 2.75) is 25.4 Å². The Balaban J connectivity index is 1.78. The second kappa shape index (κ2) is 6.90. The number of benzene rings is 1. The molecule has 1 aromatic rings. The number of hydrogen-bond donors (Lipinski definition) is 0. The van der Waals surface area contributed by atoms with Crippen LogP contribution in [0.25, 0.3) is 0 Å². The van der Waals surface area contributed by atoms with Crippen LogP contribution in [-0.2, 0) is 14.3 Å². The van der Waals surface area contributed by atoms with Crippen LogP contribution in [0.15, 0.2) is 28.7 Å². The van der Waals surface area contributed by atoms with Gasteiger partial charge in [-0.2, -0.15) is 0 Å². The Kier molecular flexibility index (Phi) is 4.93. The van der Waals surface area contributed by atoms with Gasteiger partial charge in [0.2, 0.25) is 5.91 Å². The van der Waals surface area contributed by atoms with E-state index in [9.17, 15) is 4.79 Å². The van der Waals surface area contributed by atoms with Crippen molar-refractivity contribution in [2.24, 2.45) is 5.92 Å². The summed E-state index contributed by atoms with van der Waals surface area (Å²) in [6.07, 6.45) is 3.08. The summed E-state index contributed by atoms with van der Waals surface area (Å²) in [4.78, 5) is 14.7. The van der Waals surface area contributed by atoms with Crippen LogP contribution in [0.5, 0.6) is 0 Å². The molecule has 2 fully saturated rings. The minimum absolute atomic E-state index is 0.0185. The quantitative estimate of drug-likeness (QED) is 0.835. The first-order chi connectivity index (χ1) is 10.2. The van der Waals surface area contributed by atoms with E-state index in [4.69, 9.17) is 9.47 Å². The molecular formula is C16H20BrNO3. The molecule has 2 heterocycles. The normalized spacial score (nSPS) is 25.2. The largest absolute Gasteiger partial charge is 0.381 e. The van der Waals surface area contributed by atoms with Crippen LogP contribution in [0.2, 0.25) is 0 Å². The summed E-state index contributed by atoms with van der Waals surface area (Å²) in [5.41, 5.74) is 0.936. The fourth-order valence-corrected chi connectivity index (χ4v) is 3.15. The predicted octanol–water partition coefficient (Wildman–Crippen LogP) is 3.00. The number of amides is 1. The van der Waals surface area contributed by atoms with Crippen molar-refractivity contribution >= 4 is 27.5 Å². The average molecular weight is 354 g/mol. The van der Waals surface area contributed by atoms with Crippen molar-refractivity contribution in [1.82, 2.24) is 0 Å². The Labute approximate surface area is 133 Å². The highest BCUT2D eigenvalue weighted by Crippen LogP contribution is 2.25. The molecule has 21 heavy (non-hydrogen) atoms. The monoisotopic (exact) mass is 353 g/mol. The molecule has 5 heteroatoms. The minimum atomic E-state index is -0.0185. The number of carbonyl (C=O) groups is 1. The lowest BCUT2D eigenvalue weighted by molar-refractivity contribution is -0.122. The zero-order chi connectivity index (χ0) is 14.7. The first-order valence-electron chi connectivity index (χ1n) is 7.50. The van der Waals surface area contributed by atoms with E-state index in [1.54, 1.807) is 0 Å². The minimum Gasteiger partial charge on any atom is -0.381 e. The molecule has 4 nitrogen and oxygen atoms in total. The van der Waals surface area contributed by atoms with Crippen LogP contribution in [0.4, 0.5) is 5.69 Å². The summed E-state index contributed by atoms with van der Waals surface area (Å²) in [7, 11) is 0. The van der Waals surface area contributed by atoms with Gasteiger partial charge in [0.1, 0.15) is 0 Å². The second-order valence-corrected chi connectivity index (χ2v) is 6.54. The Morgan fingerprint density at radius 2 is 2.05 bits per heavy atom. The molecule has 0 spiro atoms. The van der Waals surface area contributed by atoms with Crippen molar-refractivity contribution in [1.29, 1.82) is 0 Å². The highest BCUT2D eigenvalue weighted by atomic mass is 79.9. The molecule has 0 aliphatic carbocycles. The summed E-state index contributed by atoms with van der Waals surface area (Å²) in [5.74, 6) is 0.139. The summed E-state index contributed by atoms with van der Waals surface area (Å²) in [6.45, 7) is 2.67. The van der Waals surface area contributed by atoms with Crippen LogP contribution in [0.3, 0.4) is 0 Å². The van der Waals surface area contributed by atoms with Gasteiger partial charge in [-0.05, 0) is 43.5 Å². The van der Waals surface area contributed by atoms with E-state index >= 15 is 0 Å². The van der Waals surface area contributed by atoms with Crippen molar-refractivity contribution in [3.05, 3.63) is 28.7 Å². The molecule has 0 aromatic heterocycles. The number of ether oxygens (including phenoxy) is 2. The Morgan fingerprint density at radius 1 is 1.24 bits per heavy atom. The van der Waals surface area contributed by atoms with Crippen LogP contribution in [0, 0.1) is 5.92 Å². The maximum Gasteiger partial charge on any atom is 0.232 e. The highest BCUT2D eigenvalue weighted by molar-refractivity contribution is 9.10. The van der Waals surface area contributed by atoms with Gasteiger partial charge in [0.15, 0.2) is 0 Å². The standard InChI is InChI=1S/C16H20BrNO3/c17-13-3-5-14(6-4-13)18(10-15-2-1-8-21-15)16(19)12-7-9-20-11-12/h3-6,12,15H,1-2,7-11H2.